The third kappa shape index (κ3) is 5.21. The number of pyridine rings is 1. The molecule has 3 atom stereocenters. The number of amides is 2. The van der Waals surface area contributed by atoms with Crippen molar-refractivity contribution in [2.45, 2.75) is 31.3 Å². The van der Waals surface area contributed by atoms with Crippen molar-refractivity contribution in [1.29, 1.82) is 0 Å². The summed E-state index contributed by atoms with van der Waals surface area (Å²) in [5.74, 6) is -0.577. The summed E-state index contributed by atoms with van der Waals surface area (Å²) in [6.07, 6.45) is 1.30. The smallest absolute Gasteiger partial charge is 0.264 e. The number of benzene rings is 1. The van der Waals surface area contributed by atoms with Crippen LogP contribution in [0.1, 0.15) is 20.3 Å². The lowest BCUT2D eigenvalue weighted by molar-refractivity contribution is -0.128. The van der Waals surface area contributed by atoms with Crippen LogP contribution in [0.15, 0.2) is 41.4 Å². The van der Waals surface area contributed by atoms with E-state index in [1.807, 2.05) is 0 Å². The van der Waals surface area contributed by atoms with Gasteiger partial charge in [0.25, 0.3) is 10.0 Å². The van der Waals surface area contributed by atoms with Crippen LogP contribution < -0.4 is 14.4 Å². The molecule has 0 spiro atoms. The number of aromatic nitrogens is 1. The topological polar surface area (TPSA) is 129 Å². The van der Waals surface area contributed by atoms with Gasteiger partial charge in [-0.3, -0.25) is 13.9 Å². The molecule has 2 aliphatic rings. The average molecular weight is 523 g/mol. The molecule has 1 saturated heterocycles. The quantitative estimate of drug-likeness (QED) is 0.594. The molecule has 4 rings (SSSR count). The number of carbonyl (C=O) groups excluding carboxylic acids is 2. The maximum atomic E-state index is 13.4. The Bertz CT molecular complexity index is 1240. The predicted molar refractivity (Wildman–Crippen MR) is 130 cm³/mol. The number of nitrogens with zero attached hydrogens (tertiary/aromatic N) is 3. The Labute approximate surface area is 208 Å². The fraction of sp³-hybridized carbons (Fsp3) is 0.435. The van der Waals surface area contributed by atoms with Crippen molar-refractivity contribution in [2.24, 2.45) is 11.8 Å². The zero-order valence-electron chi connectivity index (χ0n) is 19.3. The zero-order valence-corrected chi connectivity index (χ0v) is 20.9. The molecule has 0 radical (unpaired) electrons. The molecular weight excluding hydrogens is 496 g/mol. The van der Waals surface area contributed by atoms with Crippen molar-refractivity contribution in [3.63, 3.8) is 0 Å². The molecule has 35 heavy (non-hydrogen) atoms. The Hall–Kier alpha value is -2.89. The lowest BCUT2D eigenvalue weighted by Gasteiger charge is -2.34. The molecule has 3 heterocycles. The highest BCUT2D eigenvalue weighted by Crippen LogP contribution is 2.37. The maximum Gasteiger partial charge on any atom is 0.264 e. The second-order valence-corrected chi connectivity index (χ2v) is 11.1. The highest BCUT2D eigenvalue weighted by molar-refractivity contribution is 7.92. The number of aliphatic hydroxyl groups is 1. The number of halogens is 1. The lowest BCUT2D eigenvalue weighted by Crippen LogP contribution is -2.45. The van der Waals surface area contributed by atoms with E-state index >= 15 is 0 Å². The Kier molecular flexibility index (Phi) is 7.20. The van der Waals surface area contributed by atoms with Crippen LogP contribution in [0.25, 0.3) is 0 Å². The number of aliphatic hydroxyl groups excluding tert-OH is 1. The molecule has 0 bridgehead atoms. The van der Waals surface area contributed by atoms with Crippen LogP contribution >= 0.6 is 11.6 Å². The summed E-state index contributed by atoms with van der Waals surface area (Å²) in [6, 6.07) is 7.36. The van der Waals surface area contributed by atoms with Crippen LogP contribution in [0.3, 0.4) is 0 Å². The molecule has 0 aliphatic carbocycles. The van der Waals surface area contributed by atoms with E-state index in [2.05, 4.69) is 10.3 Å². The first-order chi connectivity index (χ1) is 16.6. The number of hydrogen-bond donors (Lipinski definition) is 2. The second kappa shape index (κ2) is 10.00. The van der Waals surface area contributed by atoms with Crippen LogP contribution in [-0.4, -0.2) is 67.6 Å². The summed E-state index contributed by atoms with van der Waals surface area (Å²) >= 11 is 6.01. The Morgan fingerprint density at radius 3 is 2.74 bits per heavy atom. The third-order valence-electron chi connectivity index (χ3n) is 6.39. The zero-order chi connectivity index (χ0) is 25.3. The molecular formula is C23H27ClN4O6S. The number of nitrogens with one attached hydrogen (secondary N) is 1. The Morgan fingerprint density at radius 1 is 1.31 bits per heavy atom. The average Bonchev–Trinajstić information content (AvgIpc) is 3.33. The van der Waals surface area contributed by atoms with Gasteiger partial charge in [-0.25, -0.2) is 13.4 Å². The van der Waals surface area contributed by atoms with E-state index in [4.69, 9.17) is 16.3 Å². The number of ether oxygens (including phenoxy) is 1. The number of anilines is 2. The minimum atomic E-state index is -4.06. The fourth-order valence-corrected chi connectivity index (χ4v) is 6.07. The standard InChI is InChI=1S/C23H27ClN4O6S/c1-14(16-6-7-27(11-16)15(2)30)22(31)26-18-9-21-23(25-10-18)34-19(13-29)12-28(21)35(32,33)20-5-3-4-17(24)8-20/h3-5,8-10,14,16,19,29H,6-7,11-13H2,1-2H3,(H,26,31)/t14-,16-,19+/m0/s1. The van der Waals surface area contributed by atoms with Crippen molar-refractivity contribution < 1.29 is 27.9 Å². The van der Waals surface area contributed by atoms with Gasteiger partial charge in [-0.15, -0.1) is 0 Å². The van der Waals surface area contributed by atoms with Crippen molar-refractivity contribution in [3.05, 3.63) is 41.6 Å². The molecule has 2 amide bonds. The van der Waals surface area contributed by atoms with Crippen molar-refractivity contribution in [3.8, 4) is 5.88 Å². The van der Waals surface area contributed by atoms with Gasteiger partial charge in [0, 0.05) is 31.0 Å². The van der Waals surface area contributed by atoms with Crippen molar-refractivity contribution in [1.82, 2.24) is 9.88 Å². The van der Waals surface area contributed by atoms with Gasteiger partial charge in [-0.05, 0) is 36.6 Å². The van der Waals surface area contributed by atoms with Crippen molar-refractivity contribution in [2.75, 3.05) is 35.9 Å². The van der Waals surface area contributed by atoms with Gasteiger partial charge in [0.1, 0.15) is 11.8 Å². The summed E-state index contributed by atoms with van der Waals surface area (Å²) in [7, 11) is -4.06. The van der Waals surface area contributed by atoms with E-state index in [-0.39, 0.29) is 51.7 Å². The lowest BCUT2D eigenvalue weighted by atomic mass is 9.92. The van der Waals surface area contributed by atoms with Gasteiger partial charge in [0.2, 0.25) is 17.7 Å². The van der Waals surface area contributed by atoms with E-state index in [1.54, 1.807) is 17.9 Å². The molecule has 188 valence electrons. The molecule has 1 aromatic carbocycles. The predicted octanol–water partition coefficient (Wildman–Crippen LogP) is 2.13. The number of hydrogen-bond acceptors (Lipinski definition) is 7. The number of carbonyl (C=O) groups is 2. The molecule has 2 N–H and O–H groups in total. The van der Waals surface area contributed by atoms with Crippen LogP contribution in [0, 0.1) is 11.8 Å². The summed E-state index contributed by atoms with van der Waals surface area (Å²) in [6.45, 7) is 3.92. The second-order valence-electron chi connectivity index (χ2n) is 8.76. The SMILES string of the molecule is CC(=O)N1CC[C@H]([C@H](C)C(=O)Nc2cnc3c(c2)N(S(=O)(=O)c2cccc(Cl)c2)C[C@H](CO)O3)C1. The monoisotopic (exact) mass is 522 g/mol. The van der Waals surface area contributed by atoms with E-state index < -0.39 is 22.7 Å². The maximum absolute atomic E-state index is 13.4. The molecule has 10 nitrogen and oxygen atoms in total. The minimum Gasteiger partial charge on any atom is -0.468 e. The Balaban J connectivity index is 1.59. The first-order valence-electron chi connectivity index (χ1n) is 11.2. The number of fused-ring (bicyclic) bond motifs is 1. The first-order valence-corrected chi connectivity index (χ1v) is 13.0. The highest BCUT2D eigenvalue weighted by atomic mass is 35.5. The van der Waals surface area contributed by atoms with Gasteiger partial charge in [0.15, 0.2) is 0 Å². The molecule has 1 aromatic heterocycles. The summed E-state index contributed by atoms with van der Waals surface area (Å²) in [4.78, 5) is 30.5. The van der Waals surface area contributed by atoms with E-state index in [1.165, 1.54) is 37.4 Å². The first kappa shape index (κ1) is 25.2. The normalized spacial score (nSPS) is 20.7. The summed E-state index contributed by atoms with van der Waals surface area (Å²) in [5.41, 5.74) is 0.447. The minimum absolute atomic E-state index is 0.0128. The molecule has 12 heteroatoms. The molecule has 0 saturated carbocycles. The van der Waals surface area contributed by atoms with Gasteiger partial charge in [0.05, 0.1) is 29.9 Å². The van der Waals surface area contributed by atoms with Gasteiger partial charge < -0.3 is 20.1 Å². The van der Waals surface area contributed by atoms with Crippen LogP contribution in [0.5, 0.6) is 5.88 Å². The van der Waals surface area contributed by atoms with Crippen LogP contribution in [0.4, 0.5) is 11.4 Å². The van der Waals surface area contributed by atoms with Gasteiger partial charge >= 0.3 is 0 Å². The van der Waals surface area contributed by atoms with Gasteiger partial charge in [-0.1, -0.05) is 24.6 Å². The Morgan fingerprint density at radius 2 is 2.09 bits per heavy atom. The molecule has 0 unspecified atom stereocenters. The van der Waals surface area contributed by atoms with E-state index in [9.17, 15) is 23.1 Å². The van der Waals surface area contributed by atoms with Crippen LogP contribution in [0.2, 0.25) is 5.02 Å². The molecule has 2 aromatic rings. The van der Waals surface area contributed by atoms with Crippen molar-refractivity contribution >= 4 is 44.8 Å². The summed E-state index contributed by atoms with van der Waals surface area (Å²) < 4.78 is 33.6. The highest BCUT2D eigenvalue weighted by Gasteiger charge is 2.36. The number of sulfonamides is 1. The van der Waals surface area contributed by atoms with Crippen LogP contribution in [-0.2, 0) is 19.6 Å². The largest absolute Gasteiger partial charge is 0.468 e. The van der Waals surface area contributed by atoms with Gasteiger partial charge in [-0.2, -0.15) is 0 Å². The summed E-state index contributed by atoms with van der Waals surface area (Å²) in [5, 5.41) is 12.7. The number of rotatable bonds is 6. The molecule has 2 aliphatic heterocycles. The molecule has 1 fully saturated rings. The van der Waals surface area contributed by atoms with E-state index in [0.29, 0.717) is 18.8 Å². The fourth-order valence-electron chi connectivity index (χ4n) is 4.29. The number of likely N-dealkylation sites (tertiary alicyclic amines) is 1. The third-order valence-corrected chi connectivity index (χ3v) is 8.41. The van der Waals surface area contributed by atoms with E-state index in [0.717, 1.165) is 10.7 Å².